The minimum atomic E-state index is -3.16. The molecular weight excluding hydrogens is 234 g/mol. The zero-order chi connectivity index (χ0) is 11.5. The molecule has 0 heterocycles. The quantitative estimate of drug-likeness (QED) is 0.696. The first kappa shape index (κ1) is 13.3. The molecule has 1 rings (SSSR count). The summed E-state index contributed by atoms with van der Waals surface area (Å²) in [6.45, 7) is 1.78. The molecule has 90 valence electrons. The third kappa shape index (κ3) is 4.72. The van der Waals surface area contributed by atoms with E-state index in [9.17, 15) is 13.5 Å². The maximum atomic E-state index is 11.5. The van der Waals surface area contributed by atoms with Crippen molar-refractivity contribution >= 4 is 21.8 Å². The monoisotopic (exact) mass is 253 g/mol. The van der Waals surface area contributed by atoms with Gasteiger partial charge in [-0.3, -0.25) is 0 Å². The number of rotatable bonds is 7. The number of hydrogen-bond acceptors (Lipinski definition) is 4. The van der Waals surface area contributed by atoms with Crippen molar-refractivity contribution in [1.29, 1.82) is 0 Å². The van der Waals surface area contributed by atoms with Crippen molar-refractivity contribution in [2.75, 3.05) is 18.6 Å². The standard InChI is InChI=1S/C9H19NO3S2/c1-9(11,5-6-14-2)7-10-15(12,13)8-3-4-8/h8,10-11H,3-7H2,1-2H3. The fraction of sp³-hybridized carbons (Fsp3) is 1.00. The second-order valence-electron chi connectivity index (χ2n) is 4.31. The van der Waals surface area contributed by atoms with Crippen molar-refractivity contribution in [2.45, 2.75) is 37.0 Å². The van der Waals surface area contributed by atoms with Crippen LogP contribution < -0.4 is 4.72 Å². The van der Waals surface area contributed by atoms with Crippen LogP contribution in [0.15, 0.2) is 0 Å². The van der Waals surface area contributed by atoms with Crippen molar-refractivity contribution in [3.63, 3.8) is 0 Å². The molecule has 0 radical (unpaired) electrons. The summed E-state index contributed by atoms with van der Waals surface area (Å²) in [5.74, 6) is 0.832. The van der Waals surface area contributed by atoms with Gasteiger partial charge in [0.2, 0.25) is 10.0 Å². The Labute approximate surface area is 95.9 Å². The SMILES string of the molecule is CSCCC(C)(O)CNS(=O)(=O)C1CC1. The van der Waals surface area contributed by atoms with E-state index < -0.39 is 15.6 Å². The topological polar surface area (TPSA) is 66.4 Å². The molecule has 1 atom stereocenters. The highest BCUT2D eigenvalue weighted by Gasteiger charge is 2.36. The summed E-state index contributed by atoms with van der Waals surface area (Å²) in [6.07, 6.45) is 4.07. The van der Waals surface area contributed by atoms with Crippen LogP contribution in [0.4, 0.5) is 0 Å². The predicted molar refractivity (Wildman–Crippen MR) is 63.6 cm³/mol. The van der Waals surface area contributed by atoms with E-state index in [0.29, 0.717) is 6.42 Å². The molecule has 1 aliphatic rings. The van der Waals surface area contributed by atoms with E-state index in [1.54, 1.807) is 18.7 Å². The Hall–Kier alpha value is 0.220. The molecule has 1 aliphatic carbocycles. The average molecular weight is 253 g/mol. The van der Waals surface area contributed by atoms with Crippen molar-refractivity contribution < 1.29 is 13.5 Å². The normalized spacial score (nSPS) is 21.3. The summed E-state index contributed by atoms with van der Waals surface area (Å²) in [5.41, 5.74) is -0.940. The lowest BCUT2D eigenvalue weighted by Gasteiger charge is -2.23. The van der Waals surface area contributed by atoms with Gasteiger partial charge in [-0.2, -0.15) is 11.8 Å². The van der Waals surface area contributed by atoms with Crippen LogP contribution in [0.25, 0.3) is 0 Å². The van der Waals surface area contributed by atoms with Crippen LogP contribution >= 0.6 is 11.8 Å². The molecular formula is C9H19NO3S2. The molecule has 1 unspecified atom stereocenters. The Morgan fingerprint density at radius 1 is 1.53 bits per heavy atom. The van der Waals surface area contributed by atoms with E-state index in [1.807, 2.05) is 6.26 Å². The minimum absolute atomic E-state index is 0.117. The lowest BCUT2D eigenvalue weighted by molar-refractivity contribution is 0.0626. The van der Waals surface area contributed by atoms with E-state index in [2.05, 4.69) is 4.72 Å². The van der Waals surface area contributed by atoms with Crippen LogP contribution in [0.1, 0.15) is 26.2 Å². The summed E-state index contributed by atoms with van der Waals surface area (Å²) in [5, 5.41) is 9.66. The number of thioether (sulfide) groups is 1. The number of sulfonamides is 1. The molecule has 0 bridgehead atoms. The van der Waals surface area contributed by atoms with E-state index in [-0.39, 0.29) is 11.8 Å². The molecule has 0 aromatic rings. The van der Waals surface area contributed by atoms with Crippen molar-refractivity contribution in [3.8, 4) is 0 Å². The Morgan fingerprint density at radius 3 is 2.60 bits per heavy atom. The summed E-state index contributed by atoms with van der Waals surface area (Å²) in [6, 6.07) is 0. The van der Waals surface area contributed by atoms with E-state index in [4.69, 9.17) is 0 Å². The summed E-state index contributed by atoms with van der Waals surface area (Å²) in [7, 11) is -3.16. The predicted octanol–water partition coefficient (Wildman–Crippen LogP) is 0.572. The van der Waals surface area contributed by atoms with Crippen molar-refractivity contribution in [2.24, 2.45) is 0 Å². The molecule has 0 aromatic carbocycles. The van der Waals surface area contributed by atoms with Crippen LogP contribution in [0.2, 0.25) is 0 Å². The number of aliphatic hydroxyl groups is 1. The van der Waals surface area contributed by atoms with Gasteiger partial charge in [0.25, 0.3) is 0 Å². The zero-order valence-electron chi connectivity index (χ0n) is 9.19. The van der Waals surface area contributed by atoms with Crippen LogP contribution in [-0.4, -0.2) is 42.9 Å². The van der Waals surface area contributed by atoms with Gasteiger partial charge in [-0.15, -0.1) is 0 Å². The smallest absolute Gasteiger partial charge is 0.214 e. The maximum absolute atomic E-state index is 11.5. The van der Waals surface area contributed by atoms with Gasteiger partial charge in [0, 0.05) is 6.54 Å². The van der Waals surface area contributed by atoms with Gasteiger partial charge in [0.15, 0.2) is 0 Å². The van der Waals surface area contributed by atoms with Gasteiger partial charge in [0.1, 0.15) is 0 Å². The average Bonchev–Trinajstić information content (AvgIpc) is 2.95. The van der Waals surface area contributed by atoms with Gasteiger partial charge in [-0.25, -0.2) is 13.1 Å². The molecule has 1 saturated carbocycles. The zero-order valence-corrected chi connectivity index (χ0v) is 10.8. The minimum Gasteiger partial charge on any atom is -0.389 e. The largest absolute Gasteiger partial charge is 0.389 e. The molecule has 0 aromatic heterocycles. The van der Waals surface area contributed by atoms with Gasteiger partial charge in [0.05, 0.1) is 10.9 Å². The molecule has 4 nitrogen and oxygen atoms in total. The highest BCUT2D eigenvalue weighted by Crippen LogP contribution is 2.27. The molecule has 15 heavy (non-hydrogen) atoms. The first-order valence-corrected chi connectivity index (χ1v) is 8.01. The maximum Gasteiger partial charge on any atom is 0.214 e. The van der Waals surface area contributed by atoms with Gasteiger partial charge in [-0.05, 0) is 38.2 Å². The van der Waals surface area contributed by atoms with Crippen LogP contribution in [-0.2, 0) is 10.0 Å². The summed E-state index contributed by atoms with van der Waals surface area (Å²) < 4.78 is 25.5. The molecule has 0 saturated heterocycles. The number of hydrogen-bond donors (Lipinski definition) is 2. The van der Waals surface area contributed by atoms with Crippen LogP contribution in [0, 0.1) is 0 Å². The van der Waals surface area contributed by atoms with E-state index in [0.717, 1.165) is 18.6 Å². The second kappa shape index (κ2) is 5.03. The highest BCUT2D eigenvalue weighted by atomic mass is 32.2. The van der Waals surface area contributed by atoms with Gasteiger partial charge in [-0.1, -0.05) is 0 Å². The summed E-state index contributed by atoms with van der Waals surface area (Å²) in [4.78, 5) is 0. The van der Waals surface area contributed by atoms with Gasteiger partial charge >= 0.3 is 0 Å². The molecule has 0 spiro atoms. The Balaban J connectivity index is 2.34. The Kier molecular flexibility index (Phi) is 4.46. The van der Waals surface area contributed by atoms with E-state index >= 15 is 0 Å². The fourth-order valence-electron chi connectivity index (χ4n) is 1.16. The second-order valence-corrected chi connectivity index (χ2v) is 7.34. The number of nitrogens with one attached hydrogen (secondary N) is 1. The molecule has 0 amide bonds. The lowest BCUT2D eigenvalue weighted by Crippen LogP contribution is -2.42. The van der Waals surface area contributed by atoms with Crippen molar-refractivity contribution in [3.05, 3.63) is 0 Å². The lowest BCUT2D eigenvalue weighted by atomic mass is 10.1. The third-order valence-corrected chi connectivity index (χ3v) is 4.97. The third-order valence-electron chi connectivity index (χ3n) is 2.46. The summed E-state index contributed by atoms with van der Waals surface area (Å²) >= 11 is 1.64. The first-order chi connectivity index (χ1) is 6.87. The molecule has 0 aliphatic heterocycles. The highest BCUT2D eigenvalue weighted by molar-refractivity contribution is 7.98. The molecule has 1 fully saturated rings. The Morgan fingerprint density at radius 2 is 2.13 bits per heavy atom. The molecule has 2 N–H and O–H groups in total. The fourth-order valence-corrected chi connectivity index (χ4v) is 3.31. The van der Waals surface area contributed by atoms with Crippen LogP contribution in [0.5, 0.6) is 0 Å². The first-order valence-electron chi connectivity index (χ1n) is 5.07. The van der Waals surface area contributed by atoms with Crippen LogP contribution in [0.3, 0.4) is 0 Å². The van der Waals surface area contributed by atoms with E-state index in [1.165, 1.54) is 0 Å². The molecule has 6 heteroatoms. The van der Waals surface area contributed by atoms with Gasteiger partial charge < -0.3 is 5.11 Å². The Bertz CT molecular complexity index is 296. The van der Waals surface area contributed by atoms with Crippen molar-refractivity contribution in [1.82, 2.24) is 4.72 Å².